The predicted molar refractivity (Wildman–Crippen MR) is 102 cm³/mol. The number of carbonyl (C=O) groups excluding carboxylic acids is 2. The Morgan fingerprint density at radius 1 is 1.11 bits per heavy atom. The van der Waals surface area contributed by atoms with Crippen LogP contribution in [0.3, 0.4) is 0 Å². The summed E-state index contributed by atoms with van der Waals surface area (Å²) in [7, 11) is 0. The van der Waals surface area contributed by atoms with Gasteiger partial charge in [-0.3, -0.25) is 9.59 Å². The lowest BCUT2D eigenvalue weighted by Gasteiger charge is -2.09. The summed E-state index contributed by atoms with van der Waals surface area (Å²) in [5, 5.41) is 5.41. The van der Waals surface area contributed by atoms with Crippen LogP contribution in [0.1, 0.15) is 23.1 Å². The SMILES string of the molecule is CCn1c(CNC(=O)CNC(=O)c2ccc3c(c2)OCO3)nc2ccccc21. The molecule has 4 rings (SSSR count). The number of amides is 2. The largest absolute Gasteiger partial charge is 0.454 e. The minimum absolute atomic E-state index is 0.125. The van der Waals surface area contributed by atoms with E-state index in [4.69, 9.17) is 9.47 Å². The number of hydrogen-bond acceptors (Lipinski definition) is 5. The van der Waals surface area contributed by atoms with E-state index in [1.165, 1.54) is 0 Å². The number of aromatic nitrogens is 2. The third-order valence-electron chi connectivity index (χ3n) is 4.54. The van der Waals surface area contributed by atoms with E-state index >= 15 is 0 Å². The van der Waals surface area contributed by atoms with Gasteiger partial charge in [0.15, 0.2) is 11.5 Å². The molecule has 0 saturated carbocycles. The van der Waals surface area contributed by atoms with Gasteiger partial charge in [-0.2, -0.15) is 0 Å². The third-order valence-corrected chi connectivity index (χ3v) is 4.54. The van der Waals surface area contributed by atoms with Gasteiger partial charge in [-0.1, -0.05) is 12.1 Å². The van der Waals surface area contributed by atoms with Crippen LogP contribution in [-0.4, -0.2) is 34.7 Å². The molecule has 0 saturated heterocycles. The zero-order valence-electron chi connectivity index (χ0n) is 15.4. The fraction of sp³-hybridized carbons (Fsp3) is 0.250. The van der Waals surface area contributed by atoms with E-state index in [1.807, 2.05) is 31.2 Å². The van der Waals surface area contributed by atoms with E-state index in [0.717, 1.165) is 23.4 Å². The summed E-state index contributed by atoms with van der Waals surface area (Å²) in [6.45, 7) is 3.10. The molecule has 0 atom stereocenters. The van der Waals surface area contributed by atoms with Crippen molar-refractivity contribution in [2.75, 3.05) is 13.3 Å². The standard InChI is InChI=1S/C20H20N4O4/c1-2-24-15-6-4-3-5-14(15)23-18(24)10-21-19(25)11-22-20(26)13-7-8-16-17(9-13)28-12-27-16/h3-9H,2,10-12H2,1H3,(H,21,25)(H,22,26). The van der Waals surface area contributed by atoms with Crippen molar-refractivity contribution in [3.8, 4) is 11.5 Å². The first-order chi connectivity index (χ1) is 13.7. The second-order valence-electron chi connectivity index (χ2n) is 6.29. The number of nitrogens with zero attached hydrogens (tertiary/aromatic N) is 2. The first kappa shape index (κ1) is 17.8. The Balaban J connectivity index is 1.33. The van der Waals surface area contributed by atoms with E-state index in [9.17, 15) is 9.59 Å². The topological polar surface area (TPSA) is 94.5 Å². The number of nitrogens with one attached hydrogen (secondary N) is 2. The molecule has 0 unspecified atom stereocenters. The van der Waals surface area contributed by atoms with Crippen LogP contribution in [0.15, 0.2) is 42.5 Å². The van der Waals surface area contributed by atoms with Crippen LogP contribution in [-0.2, 0) is 17.9 Å². The summed E-state index contributed by atoms with van der Waals surface area (Å²) in [6, 6.07) is 12.7. The normalized spacial score (nSPS) is 12.2. The first-order valence-corrected chi connectivity index (χ1v) is 9.04. The lowest BCUT2D eigenvalue weighted by molar-refractivity contribution is -0.120. The number of para-hydroxylation sites is 2. The van der Waals surface area contributed by atoms with Crippen LogP contribution >= 0.6 is 0 Å². The van der Waals surface area contributed by atoms with Gasteiger partial charge in [0.2, 0.25) is 12.7 Å². The fourth-order valence-electron chi connectivity index (χ4n) is 3.15. The van der Waals surface area contributed by atoms with Crippen LogP contribution in [0.2, 0.25) is 0 Å². The molecular weight excluding hydrogens is 360 g/mol. The van der Waals surface area contributed by atoms with Crippen molar-refractivity contribution in [1.82, 2.24) is 20.2 Å². The Bertz CT molecular complexity index is 1040. The molecule has 8 nitrogen and oxygen atoms in total. The molecule has 8 heteroatoms. The van der Waals surface area contributed by atoms with Gasteiger partial charge >= 0.3 is 0 Å². The van der Waals surface area contributed by atoms with Crippen LogP contribution in [0.4, 0.5) is 0 Å². The number of carbonyl (C=O) groups is 2. The molecule has 1 aromatic heterocycles. The van der Waals surface area contributed by atoms with Crippen molar-refractivity contribution in [3.63, 3.8) is 0 Å². The van der Waals surface area contributed by atoms with Crippen molar-refractivity contribution in [2.24, 2.45) is 0 Å². The third kappa shape index (κ3) is 3.48. The molecule has 1 aliphatic heterocycles. The van der Waals surface area contributed by atoms with Crippen LogP contribution in [0.5, 0.6) is 11.5 Å². The zero-order valence-corrected chi connectivity index (χ0v) is 15.4. The molecule has 2 N–H and O–H groups in total. The number of rotatable bonds is 6. The minimum atomic E-state index is -0.353. The molecule has 3 aromatic rings. The van der Waals surface area contributed by atoms with Gasteiger partial charge in [0.25, 0.3) is 5.91 Å². The number of aryl methyl sites for hydroxylation is 1. The van der Waals surface area contributed by atoms with Gasteiger partial charge in [0, 0.05) is 12.1 Å². The summed E-state index contributed by atoms with van der Waals surface area (Å²) in [6.07, 6.45) is 0. The van der Waals surface area contributed by atoms with Crippen molar-refractivity contribution >= 4 is 22.8 Å². The van der Waals surface area contributed by atoms with Crippen molar-refractivity contribution < 1.29 is 19.1 Å². The second kappa shape index (κ2) is 7.59. The predicted octanol–water partition coefficient (Wildman–Crippen LogP) is 1.83. The molecule has 144 valence electrons. The lowest BCUT2D eigenvalue weighted by Crippen LogP contribution is -2.37. The summed E-state index contributed by atoms with van der Waals surface area (Å²) in [5.74, 6) is 1.26. The van der Waals surface area contributed by atoms with E-state index in [2.05, 4.69) is 20.2 Å². The van der Waals surface area contributed by atoms with E-state index in [-0.39, 0.29) is 25.2 Å². The molecule has 0 bridgehead atoms. The maximum absolute atomic E-state index is 12.2. The number of ether oxygens (including phenoxy) is 2. The minimum Gasteiger partial charge on any atom is -0.454 e. The fourth-order valence-corrected chi connectivity index (χ4v) is 3.15. The molecular formula is C20H20N4O4. The van der Waals surface area contributed by atoms with Gasteiger partial charge in [-0.25, -0.2) is 4.98 Å². The highest BCUT2D eigenvalue weighted by Gasteiger charge is 2.17. The van der Waals surface area contributed by atoms with Crippen LogP contribution in [0, 0.1) is 0 Å². The molecule has 2 heterocycles. The lowest BCUT2D eigenvalue weighted by atomic mass is 10.2. The van der Waals surface area contributed by atoms with Gasteiger partial charge in [0.1, 0.15) is 5.82 Å². The molecule has 0 spiro atoms. The zero-order chi connectivity index (χ0) is 19.5. The molecule has 2 aromatic carbocycles. The highest BCUT2D eigenvalue weighted by atomic mass is 16.7. The van der Waals surface area contributed by atoms with E-state index < -0.39 is 0 Å². The Labute approximate surface area is 161 Å². The molecule has 0 fully saturated rings. The maximum atomic E-state index is 12.2. The molecule has 28 heavy (non-hydrogen) atoms. The summed E-state index contributed by atoms with van der Waals surface area (Å²) < 4.78 is 12.5. The summed E-state index contributed by atoms with van der Waals surface area (Å²) in [4.78, 5) is 29.0. The van der Waals surface area contributed by atoms with Crippen LogP contribution < -0.4 is 20.1 Å². The quantitative estimate of drug-likeness (QED) is 0.680. The summed E-state index contributed by atoms with van der Waals surface area (Å²) in [5.41, 5.74) is 2.33. The molecule has 1 aliphatic rings. The molecule has 2 amide bonds. The highest BCUT2D eigenvalue weighted by Crippen LogP contribution is 2.32. The first-order valence-electron chi connectivity index (χ1n) is 9.04. The van der Waals surface area contributed by atoms with Crippen molar-refractivity contribution in [2.45, 2.75) is 20.0 Å². The average molecular weight is 380 g/mol. The smallest absolute Gasteiger partial charge is 0.251 e. The van der Waals surface area contributed by atoms with Gasteiger partial charge in [0.05, 0.1) is 24.1 Å². The van der Waals surface area contributed by atoms with E-state index in [1.54, 1.807) is 18.2 Å². The van der Waals surface area contributed by atoms with Crippen LogP contribution in [0.25, 0.3) is 11.0 Å². The van der Waals surface area contributed by atoms with Crippen molar-refractivity contribution in [3.05, 3.63) is 53.9 Å². The van der Waals surface area contributed by atoms with Gasteiger partial charge in [-0.15, -0.1) is 0 Å². The van der Waals surface area contributed by atoms with E-state index in [0.29, 0.717) is 23.6 Å². The highest BCUT2D eigenvalue weighted by molar-refractivity contribution is 5.97. The number of fused-ring (bicyclic) bond motifs is 2. The Kier molecular flexibility index (Phi) is 4.84. The number of benzene rings is 2. The second-order valence-corrected chi connectivity index (χ2v) is 6.29. The number of imidazole rings is 1. The van der Waals surface area contributed by atoms with Gasteiger partial charge in [-0.05, 0) is 37.3 Å². The van der Waals surface area contributed by atoms with Gasteiger partial charge < -0.3 is 24.7 Å². The number of hydrogen-bond donors (Lipinski definition) is 2. The molecule has 0 radical (unpaired) electrons. The average Bonchev–Trinajstić information content (AvgIpc) is 3.33. The summed E-state index contributed by atoms with van der Waals surface area (Å²) >= 11 is 0. The van der Waals surface area contributed by atoms with Crippen molar-refractivity contribution in [1.29, 1.82) is 0 Å². The Morgan fingerprint density at radius 3 is 2.79 bits per heavy atom. The Hall–Kier alpha value is -3.55. The maximum Gasteiger partial charge on any atom is 0.251 e. The molecule has 0 aliphatic carbocycles. The monoisotopic (exact) mass is 380 g/mol. The Morgan fingerprint density at radius 2 is 1.93 bits per heavy atom.